The van der Waals surface area contributed by atoms with Gasteiger partial charge in [0.1, 0.15) is 5.52 Å². The molecule has 0 aliphatic heterocycles. The van der Waals surface area contributed by atoms with Crippen molar-refractivity contribution in [1.82, 2.24) is 9.97 Å². The van der Waals surface area contributed by atoms with Crippen LogP contribution in [-0.2, 0) is 0 Å². The fraction of sp³-hybridized carbons (Fsp3) is 0. The van der Waals surface area contributed by atoms with Gasteiger partial charge in [-0.1, -0.05) is 66.7 Å². The van der Waals surface area contributed by atoms with Crippen molar-refractivity contribution in [3.63, 3.8) is 0 Å². The molecule has 110 valence electrons. The van der Waals surface area contributed by atoms with E-state index in [0.717, 1.165) is 38.0 Å². The molecule has 0 unspecified atom stereocenters. The predicted molar refractivity (Wildman–Crippen MR) is 98.1 cm³/mol. The summed E-state index contributed by atoms with van der Waals surface area (Å²) >= 11 is 3.58. The molecule has 4 rings (SSSR count). The molecular weight excluding hydrogens is 348 g/mol. The lowest BCUT2D eigenvalue weighted by Crippen LogP contribution is -1.95. The number of benzene rings is 3. The lowest BCUT2D eigenvalue weighted by Gasteiger charge is -2.11. The quantitative estimate of drug-likeness (QED) is 0.456. The van der Waals surface area contributed by atoms with Crippen molar-refractivity contribution < 1.29 is 0 Å². The average Bonchev–Trinajstić information content (AvgIpc) is 2.63. The van der Waals surface area contributed by atoms with Crippen molar-refractivity contribution in [3.8, 4) is 22.5 Å². The highest BCUT2D eigenvalue weighted by Gasteiger charge is 2.13. The predicted octanol–water partition coefficient (Wildman–Crippen LogP) is 5.73. The summed E-state index contributed by atoms with van der Waals surface area (Å²) in [5, 5.41) is 0. The topological polar surface area (TPSA) is 25.8 Å². The number of aromatic nitrogens is 2. The third kappa shape index (κ3) is 2.64. The largest absolute Gasteiger partial charge is 0.244 e. The van der Waals surface area contributed by atoms with Crippen molar-refractivity contribution >= 4 is 27.0 Å². The van der Waals surface area contributed by atoms with Gasteiger partial charge in [-0.15, -0.1) is 0 Å². The summed E-state index contributed by atoms with van der Waals surface area (Å²) in [6, 6.07) is 26.4. The lowest BCUT2D eigenvalue weighted by atomic mass is 10.0. The Hall–Kier alpha value is -2.52. The Morgan fingerprint density at radius 2 is 1.13 bits per heavy atom. The molecule has 0 aliphatic carbocycles. The second-order valence-corrected chi connectivity index (χ2v) is 6.11. The summed E-state index contributed by atoms with van der Waals surface area (Å²) in [5.74, 6) is 0. The van der Waals surface area contributed by atoms with Crippen LogP contribution in [0.2, 0.25) is 0 Å². The van der Waals surface area contributed by atoms with E-state index in [2.05, 4.69) is 40.2 Å². The minimum Gasteiger partial charge on any atom is -0.244 e. The molecule has 0 aliphatic rings. The molecule has 0 spiro atoms. The molecule has 23 heavy (non-hydrogen) atoms. The summed E-state index contributed by atoms with van der Waals surface area (Å²) < 4.78 is 0.958. The smallest absolute Gasteiger partial charge is 0.104 e. The molecule has 0 N–H and O–H groups in total. The van der Waals surface area contributed by atoms with E-state index in [-0.39, 0.29) is 0 Å². The van der Waals surface area contributed by atoms with Crippen molar-refractivity contribution in [2.45, 2.75) is 0 Å². The normalized spacial score (nSPS) is 10.8. The summed E-state index contributed by atoms with van der Waals surface area (Å²) in [6.45, 7) is 0. The van der Waals surface area contributed by atoms with Crippen LogP contribution in [0.5, 0.6) is 0 Å². The first-order valence-corrected chi connectivity index (χ1v) is 8.19. The van der Waals surface area contributed by atoms with Gasteiger partial charge in [-0.3, -0.25) is 0 Å². The Bertz CT molecular complexity index is 967. The van der Waals surface area contributed by atoms with Crippen molar-refractivity contribution in [2.24, 2.45) is 0 Å². The molecule has 2 nitrogen and oxygen atoms in total. The fourth-order valence-electron chi connectivity index (χ4n) is 2.64. The summed E-state index contributed by atoms with van der Waals surface area (Å²) in [5.41, 5.74) is 5.71. The zero-order chi connectivity index (χ0) is 15.6. The highest BCUT2D eigenvalue weighted by atomic mass is 79.9. The number of para-hydroxylation sites is 1. The van der Waals surface area contributed by atoms with Crippen LogP contribution in [0.4, 0.5) is 0 Å². The highest BCUT2D eigenvalue weighted by Crippen LogP contribution is 2.32. The minimum atomic E-state index is 0.881. The van der Waals surface area contributed by atoms with Gasteiger partial charge in [0.05, 0.1) is 16.9 Å². The van der Waals surface area contributed by atoms with E-state index in [0.29, 0.717) is 0 Å². The molecule has 0 fully saturated rings. The highest BCUT2D eigenvalue weighted by molar-refractivity contribution is 9.10. The average molecular weight is 361 g/mol. The third-order valence-corrected chi connectivity index (χ3v) is 4.38. The number of hydrogen-bond acceptors (Lipinski definition) is 2. The minimum absolute atomic E-state index is 0.881. The van der Waals surface area contributed by atoms with Gasteiger partial charge in [0.25, 0.3) is 0 Å². The van der Waals surface area contributed by atoms with Gasteiger partial charge < -0.3 is 0 Å². The lowest BCUT2D eigenvalue weighted by molar-refractivity contribution is 1.29. The van der Waals surface area contributed by atoms with E-state index in [4.69, 9.17) is 9.97 Å². The molecule has 0 amide bonds. The maximum Gasteiger partial charge on any atom is 0.104 e. The van der Waals surface area contributed by atoms with E-state index in [1.165, 1.54) is 0 Å². The van der Waals surface area contributed by atoms with E-state index >= 15 is 0 Å². The maximum atomic E-state index is 4.91. The van der Waals surface area contributed by atoms with Crippen LogP contribution >= 0.6 is 15.9 Å². The van der Waals surface area contributed by atoms with Crippen LogP contribution in [0.15, 0.2) is 83.3 Å². The third-order valence-electron chi connectivity index (χ3n) is 3.74. The summed E-state index contributed by atoms with van der Waals surface area (Å²) in [4.78, 5) is 9.80. The number of fused-ring (bicyclic) bond motifs is 1. The maximum absolute atomic E-state index is 4.91. The van der Waals surface area contributed by atoms with Crippen molar-refractivity contribution in [1.29, 1.82) is 0 Å². The number of halogens is 1. The van der Waals surface area contributed by atoms with Crippen molar-refractivity contribution in [2.75, 3.05) is 0 Å². The molecule has 0 saturated heterocycles. The Balaban J connectivity index is 2.07. The molecule has 0 atom stereocenters. The summed E-state index contributed by atoms with van der Waals surface area (Å²) in [7, 11) is 0. The Kier molecular flexibility index (Phi) is 3.64. The van der Waals surface area contributed by atoms with Crippen LogP contribution in [0.1, 0.15) is 0 Å². The second kappa shape index (κ2) is 5.94. The van der Waals surface area contributed by atoms with Crippen molar-refractivity contribution in [3.05, 3.63) is 83.3 Å². The second-order valence-electron chi connectivity index (χ2n) is 5.26. The van der Waals surface area contributed by atoms with E-state index in [1.54, 1.807) is 0 Å². The van der Waals surface area contributed by atoms with Gasteiger partial charge in [-0.25, -0.2) is 9.97 Å². The monoisotopic (exact) mass is 360 g/mol. The molecule has 0 saturated carbocycles. The van der Waals surface area contributed by atoms with Crippen LogP contribution in [0, 0.1) is 0 Å². The molecule has 0 radical (unpaired) electrons. The number of nitrogens with zero attached hydrogens (tertiary/aromatic N) is 2. The zero-order valence-corrected chi connectivity index (χ0v) is 13.9. The Morgan fingerprint density at radius 3 is 1.74 bits per heavy atom. The molecule has 1 aromatic heterocycles. The van der Waals surface area contributed by atoms with Gasteiger partial charge in [-0.2, -0.15) is 0 Å². The first-order valence-electron chi connectivity index (χ1n) is 7.40. The van der Waals surface area contributed by atoms with Crippen LogP contribution in [-0.4, -0.2) is 9.97 Å². The zero-order valence-electron chi connectivity index (χ0n) is 12.3. The van der Waals surface area contributed by atoms with E-state index in [1.807, 2.05) is 54.6 Å². The molecular formula is C20H13BrN2. The van der Waals surface area contributed by atoms with Gasteiger partial charge in [-0.05, 0) is 28.1 Å². The van der Waals surface area contributed by atoms with Gasteiger partial charge in [0, 0.05) is 15.6 Å². The van der Waals surface area contributed by atoms with Crippen LogP contribution in [0.25, 0.3) is 33.5 Å². The molecule has 1 heterocycles. The molecule has 0 bridgehead atoms. The molecule has 3 heteroatoms. The van der Waals surface area contributed by atoms with Crippen LogP contribution < -0.4 is 0 Å². The standard InChI is InChI=1S/C20H13BrN2/c21-16-12-7-13-17-20(16)23-19(15-10-5-2-6-11-15)18(22-17)14-8-3-1-4-9-14/h1-13H. The first-order chi connectivity index (χ1) is 11.3. The Labute approximate surface area is 143 Å². The number of hydrogen-bond donors (Lipinski definition) is 0. The SMILES string of the molecule is Brc1cccc2nc(-c3ccccc3)c(-c3ccccc3)nc12. The molecule has 4 aromatic rings. The van der Waals surface area contributed by atoms with Gasteiger partial charge in [0.2, 0.25) is 0 Å². The summed E-state index contributed by atoms with van der Waals surface area (Å²) in [6.07, 6.45) is 0. The van der Waals surface area contributed by atoms with E-state index < -0.39 is 0 Å². The molecule has 3 aromatic carbocycles. The Morgan fingerprint density at radius 1 is 0.565 bits per heavy atom. The van der Waals surface area contributed by atoms with Crippen LogP contribution in [0.3, 0.4) is 0 Å². The van der Waals surface area contributed by atoms with E-state index in [9.17, 15) is 0 Å². The fourth-order valence-corrected chi connectivity index (χ4v) is 3.08. The van der Waals surface area contributed by atoms with Gasteiger partial charge in [0.15, 0.2) is 0 Å². The first kappa shape index (κ1) is 14.1. The van der Waals surface area contributed by atoms with Gasteiger partial charge >= 0.3 is 0 Å². The number of rotatable bonds is 2.